The van der Waals surface area contributed by atoms with Gasteiger partial charge in [-0.2, -0.15) is 8.42 Å². The van der Waals surface area contributed by atoms with Crippen LogP contribution in [0.15, 0.2) is 23.1 Å². The Hall–Kier alpha value is -2.11. The molecule has 0 atom stereocenters. The molecule has 0 spiro atoms. The first-order chi connectivity index (χ1) is 7.23. The molecule has 3 N–H and O–H groups in total. The van der Waals surface area contributed by atoms with E-state index in [-0.39, 0.29) is 5.48 Å². The number of non-ortho nitro benzene ring substituents is 1. The number of hydrogen-bond donors (Lipinski definition) is 1. The van der Waals surface area contributed by atoms with Crippen LogP contribution in [-0.2, 0) is 10.1 Å². The first kappa shape index (κ1) is 14.9. The van der Waals surface area contributed by atoms with Gasteiger partial charge in [0.1, 0.15) is 0 Å². The molecule has 0 radical (unpaired) electrons. The van der Waals surface area contributed by atoms with Crippen LogP contribution in [0.2, 0.25) is 0 Å². The van der Waals surface area contributed by atoms with E-state index in [1.165, 1.54) is 0 Å². The molecule has 0 aliphatic heterocycles. The highest BCUT2D eigenvalue weighted by Gasteiger charge is 2.26. The molecule has 94 valence electrons. The number of rotatable bonds is 3. The zero-order valence-corrected chi connectivity index (χ0v) is 8.75. The summed E-state index contributed by atoms with van der Waals surface area (Å²) in [6.07, 6.45) is 0. The summed E-state index contributed by atoms with van der Waals surface area (Å²) in [6, 6.07) is 1.81. The Balaban J connectivity index is 0.00000256. The highest BCUT2D eigenvalue weighted by Crippen LogP contribution is 2.27. The second kappa shape index (κ2) is 4.82. The van der Waals surface area contributed by atoms with Crippen molar-refractivity contribution in [3.63, 3.8) is 0 Å². The topological polar surface area (TPSA) is 172 Å². The highest BCUT2D eigenvalue weighted by atomic mass is 32.2. The minimum atomic E-state index is -4.79. The molecule has 0 heterocycles. The van der Waals surface area contributed by atoms with Gasteiger partial charge in [0, 0.05) is 6.07 Å². The molecule has 0 fully saturated rings. The van der Waals surface area contributed by atoms with Crippen LogP contribution in [0.25, 0.3) is 0 Å². The van der Waals surface area contributed by atoms with Crippen LogP contribution in [0, 0.1) is 20.2 Å². The Morgan fingerprint density at radius 3 is 2.00 bits per heavy atom. The van der Waals surface area contributed by atoms with Crippen LogP contribution >= 0.6 is 0 Å². The molecule has 0 unspecified atom stereocenters. The van der Waals surface area contributed by atoms with E-state index >= 15 is 0 Å². The fourth-order valence-electron chi connectivity index (χ4n) is 0.980. The molecule has 11 heteroatoms. The first-order valence-electron chi connectivity index (χ1n) is 3.64. The minimum Gasteiger partial charge on any atom is -0.412 e. The molecule has 0 saturated heterocycles. The number of benzene rings is 1. The Labute approximate surface area is 93.8 Å². The summed E-state index contributed by atoms with van der Waals surface area (Å²) >= 11 is 0. The molecule has 0 saturated carbocycles. The highest BCUT2D eigenvalue weighted by molar-refractivity contribution is 7.86. The van der Waals surface area contributed by atoms with Gasteiger partial charge in [0.2, 0.25) is 0 Å². The van der Waals surface area contributed by atoms with Gasteiger partial charge in [0.05, 0.1) is 15.9 Å². The zero-order valence-electron chi connectivity index (χ0n) is 7.93. The van der Waals surface area contributed by atoms with Crippen molar-refractivity contribution in [2.24, 2.45) is 0 Å². The average Bonchev–Trinajstić information content (AvgIpc) is 2.15. The molecule has 0 bridgehead atoms. The second-order valence-electron chi connectivity index (χ2n) is 2.64. The Kier molecular flexibility index (Phi) is 4.22. The summed E-state index contributed by atoms with van der Waals surface area (Å²) in [6.45, 7) is 0. The smallest absolute Gasteiger partial charge is 0.301 e. The van der Waals surface area contributed by atoms with Crippen LogP contribution in [0.4, 0.5) is 11.4 Å². The third kappa shape index (κ3) is 3.17. The lowest BCUT2D eigenvalue weighted by atomic mass is 10.3. The van der Waals surface area contributed by atoms with Gasteiger partial charge in [0.25, 0.3) is 11.4 Å². The van der Waals surface area contributed by atoms with Crippen LogP contribution in [-0.4, -0.2) is 28.3 Å². The Morgan fingerprint density at radius 1 is 1.12 bits per heavy atom. The van der Waals surface area contributed by atoms with Crippen molar-refractivity contribution < 1.29 is 28.3 Å². The minimum absolute atomic E-state index is 0. The quantitative estimate of drug-likeness (QED) is 0.452. The monoisotopic (exact) mass is 266 g/mol. The molecule has 0 aliphatic rings. The number of nitro groups is 2. The van der Waals surface area contributed by atoms with Crippen LogP contribution < -0.4 is 0 Å². The fourth-order valence-corrected chi connectivity index (χ4v) is 1.62. The van der Waals surface area contributed by atoms with Crippen LogP contribution in [0.5, 0.6) is 0 Å². The van der Waals surface area contributed by atoms with E-state index in [0.717, 1.165) is 6.07 Å². The van der Waals surface area contributed by atoms with Crippen LogP contribution in [0.3, 0.4) is 0 Å². The normalized spacial score (nSPS) is 10.4. The van der Waals surface area contributed by atoms with Gasteiger partial charge in [-0.15, -0.1) is 0 Å². The van der Waals surface area contributed by atoms with Gasteiger partial charge in [0.15, 0.2) is 4.90 Å². The van der Waals surface area contributed by atoms with Crippen molar-refractivity contribution in [1.82, 2.24) is 0 Å². The van der Waals surface area contributed by atoms with Crippen LogP contribution in [0.1, 0.15) is 0 Å². The van der Waals surface area contributed by atoms with Crippen molar-refractivity contribution in [3.8, 4) is 0 Å². The lowest BCUT2D eigenvalue weighted by Crippen LogP contribution is -2.04. The largest absolute Gasteiger partial charge is 0.412 e. The predicted octanol–water partition coefficient (Wildman–Crippen LogP) is -0.0750. The molecule has 0 aromatic heterocycles. The van der Waals surface area contributed by atoms with Gasteiger partial charge in [-0.05, 0) is 6.07 Å². The fraction of sp³-hybridized carbons (Fsp3) is 0. The molecule has 1 rings (SSSR count). The van der Waals surface area contributed by atoms with Crippen molar-refractivity contribution in [3.05, 3.63) is 38.4 Å². The lowest BCUT2D eigenvalue weighted by molar-refractivity contribution is -0.396. The first-order valence-corrected chi connectivity index (χ1v) is 5.08. The zero-order chi connectivity index (χ0) is 12.5. The molecule has 1 aromatic rings. The third-order valence-corrected chi connectivity index (χ3v) is 2.53. The molecule has 10 nitrogen and oxygen atoms in total. The Bertz CT molecular complexity index is 565. The van der Waals surface area contributed by atoms with Gasteiger partial charge in [-0.1, -0.05) is 0 Å². The standard InChI is InChI=1S/C6H4N2O7S.H2O/c9-7(10)4-1-2-6(16(13,14)15)5(3-4)8(11)12;/h1-3H,(H,13,14,15);1H2. The van der Waals surface area contributed by atoms with Crippen molar-refractivity contribution >= 4 is 21.5 Å². The van der Waals surface area contributed by atoms with Gasteiger partial charge in [-0.25, -0.2) is 0 Å². The molecular weight excluding hydrogens is 260 g/mol. The maximum atomic E-state index is 10.7. The molecule has 0 amide bonds. The summed E-state index contributed by atoms with van der Waals surface area (Å²) in [5, 5.41) is 20.8. The van der Waals surface area contributed by atoms with Crippen molar-refractivity contribution in [2.45, 2.75) is 4.90 Å². The van der Waals surface area contributed by atoms with Crippen molar-refractivity contribution in [2.75, 3.05) is 0 Å². The maximum absolute atomic E-state index is 10.7. The average molecular weight is 266 g/mol. The maximum Gasteiger partial charge on any atom is 0.301 e. The molecule has 0 aliphatic carbocycles. The summed E-state index contributed by atoms with van der Waals surface area (Å²) < 4.78 is 30.1. The van der Waals surface area contributed by atoms with E-state index in [2.05, 4.69) is 0 Å². The van der Waals surface area contributed by atoms with Crippen molar-refractivity contribution in [1.29, 1.82) is 0 Å². The Morgan fingerprint density at radius 2 is 1.65 bits per heavy atom. The molecular formula is C6H6N2O8S. The van der Waals surface area contributed by atoms with Gasteiger partial charge in [-0.3, -0.25) is 24.8 Å². The summed E-state index contributed by atoms with van der Waals surface area (Å²) in [5.74, 6) is 0. The van der Waals surface area contributed by atoms with Gasteiger partial charge < -0.3 is 5.48 Å². The second-order valence-corrected chi connectivity index (χ2v) is 4.03. The summed E-state index contributed by atoms with van der Waals surface area (Å²) in [7, 11) is -4.79. The van der Waals surface area contributed by atoms with E-state index in [1.54, 1.807) is 0 Å². The summed E-state index contributed by atoms with van der Waals surface area (Å²) in [4.78, 5) is 17.7. The van der Waals surface area contributed by atoms with E-state index in [1.807, 2.05) is 0 Å². The van der Waals surface area contributed by atoms with E-state index < -0.39 is 36.2 Å². The van der Waals surface area contributed by atoms with E-state index in [4.69, 9.17) is 4.55 Å². The van der Waals surface area contributed by atoms with E-state index in [9.17, 15) is 28.6 Å². The lowest BCUT2D eigenvalue weighted by Gasteiger charge is -1.98. The number of nitrogens with zero attached hydrogens (tertiary/aromatic N) is 2. The SMILES string of the molecule is O.O=[N+]([O-])c1ccc(S(=O)(=O)O)c([N+](=O)[O-])c1. The number of nitro benzene ring substituents is 2. The molecule has 1 aromatic carbocycles. The predicted molar refractivity (Wildman–Crippen MR) is 53.2 cm³/mol. The third-order valence-electron chi connectivity index (χ3n) is 1.63. The summed E-state index contributed by atoms with van der Waals surface area (Å²) in [5.41, 5.74) is -1.68. The molecule has 17 heavy (non-hydrogen) atoms. The van der Waals surface area contributed by atoms with Gasteiger partial charge >= 0.3 is 10.1 Å². The van der Waals surface area contributed by atoms with E-state index in [0.29, 0.717) is 12.1 Å². The number of hydrogen-bond acceptors (Lipinski definition) is 6.